The van der Waals surface area contributed by atoms with Crippen LogP contribution in [0.3, 0.4) is 0 Å². The lowest BCUT2D eigenvalue weighted by Crippen LogP contribution is -2.54. The van der Waals surface area contributed by atoms with Crippen LogP contribution in [0.2, 0.25) is 5.02 Å². The summed E-state index contributed by atoms with van der Waals surface area (Å²) in [6, 6.07) is 6.50. The summed E-state index contributed by atoms with van der Waals surface area (Å²) in [7, 11) is 2.05. The number of hydrogen-bond donors (Lipinski definition) is 2. The third-order valence-corrected chi connectivity index (χ3v) is 6.82. The number of pyridine rings is 1. The van der Waals surface area contributed by atoms with Crippen molar-refractivity contribution < 1.29 is 4.79 Å². The molecule has 1 amide bonds. The van der Waals surface area contributed by atoms with E-state index in [2.05, 4.69) is 57.2 Å². The summed E-state index contributed by atoms with van der Waals surface area (Å²) >= 11 is 6.64. The lowest BCUT2D eigenvalue weighted by molar-refractivity contribution is -0.124. The molecule has 2 aromatic rings. The Morgan fingerprint density at radius 3 is 2.76 bits per heavy atom. The van der Waals surface area contributed by atoms with Gasteiger partial charge in [0.05, 0.1) is 17.4 Å². The van der Waals surface area contributed by atoms with E-state index < -0.39 is 5.54 Å². The van der Waals surface area contributed by atoms with Gasteiger partial charge in [0.25, 0.3) is 0 Å². The van der Waals surface area contributed by atoms with Crippen LogP contribution in [0.1, 0.15) is 18.4 Å². The summed E-state index contributed by atoms with van der Waals surface area (Å²) in [5.74, 6) is 0.111. The van der Waals surface area contributed by atoms with Gasteiger partial charge in [-0.15, -0.1) is 0 Å². The summed E-state index contributed by atoms with van der Waals surface area (Å²) in [5, 5.41) is 6.88. The van der Waals surface area contributed by atoms with Gasteiger partial charge in [0.2, 0.25) is 5.91 Å². The lowest BCUT2D eigenvalue weighted by Gasteiger charge is -2.39. The molecule has 5 rings (SSSR count). The second-order valence-electron chi connectivity index (χ2n) is 8.09. The fraction of sp³-hybridized carbons (Fsp3) is 0.364. The maximum atomic E-state index is 12.3. The molecule has 2 saturated heterocycles. The standard InChI is InChI=1S/C22H24ClN5O/c1-14-9-16-4-3-15(10-19(16)27(14)2)17-11-24-12-18(23)20(17)28-7-5-22(6-8-28)21(29)25-13-26-22/h3-4,10-12,26H,1,5-9,13H2,2H3,(H,25,29). The molecule has 0 saturated carbocycles. The van der Waals surface area contributed by atoms with Gasteiger partial charge in [-0.2, -0.15) is 0 Å². The van der Waals surface area contributed by atoms with Gasteiger partial charge in [0, 0.05) is 55.9 Å². The Morgan fingerprint density at radius 2 is 2.03 bits per heavy atom. The van der Waals surface area contributed by atoms with Crippen molar-refractivity contribution >= 4 is 28.9 Å². The molecule has 1 spiro atoms. The SMILES string of the molecule is C=C1Cc2ccc(-c3cncc(Cl)c3N3CCC4(CC3)NCNC4=O)cc2N1C. The highest BCUT2D eigenvalue weighted by Crippen LogP contribution is 2.42. The predicted octanol–water partition coefficient (Wildman–Crippen LogP) is 2.92. The smallest absolute Gasteiger partial charge is 0.241 e. The topological polar surface area (TPSA) is 60.5 Å². The molecule has 2 fully saturated rings. The van der Waals surface area contributed by atoms with Crippen molar-refractivity contribution in [2.24, 2.45) is 0 Å². The van der Waals surface area contributed by atoms with Gasteiger partial charge in [-0.25, -0.2) is 0 Å². The Hall–Kier alpha value is -2.57. The number of nitrogens with one attached hydrogen (secondary N) is 2. The number of piperidine rings is 1. The molecule has 3 aliphatic rings. The van der Waals surface area contributed by atoms with Gasteiger partial charge in [-0.3, -0.25) is 15.1 Å². The molecule has 0 radical (unpaired) electrons. The number of hydrogen-bond acceptors (Lipinski definition) is 5. The predicted molar refractivity (Wildman–Crippen MR) is 116 cm³/mol. The zero-order valence-electron chi connectivity index (χ0n) is 16.5. The molecule has 1 aromatic heterocycles. The number of fused-ring (bicyclic) bond motifs is 1. The molecule has 29 heavy (non-hydrogen) atoms. The highest BCUT2D eigenvalue weighted by Gasteiger charge is 2.44. The number of aromatic nitrogens is 1. The third-order valence-electron chi connectivity index (χ3n) is 6.54. The largest absolute Gasteiger partial charge is 0.370 e. The zero-order valence-corrected chi connectivity index (χ0v) is 17.2. The number of amides is 1. The number of rotatable bonds is 2. The average molecular weight is 410 g/mol. The molecule has 2 N–H and O–H groups in total. The monoisotopic (exact) mass is 409 g/mol. The van der Waals surface area contributed by atoms with Crippen molar-refractivity contribution in [1.82, 2.24) is 15.6 Å². The third kappa shape index (κ3) is 2.90. The van der Waals surface area contributed by atoms with Gasteiger partial charge in [-0.1, -0.05) is 30.3 Å². The Kier molecular flexibility index (Phi) is 4.29. The van der Waals surface area contributed by atoms with Gasteiger partial charge in [-0.05, 0) is 30.0 Å². The molecule has 0 bridgehead atoms. The average Bonchev–Trinajstić information content (AvgIpc) is 3.22. The molecule has 0 aliphatic carbocycles. The van der Waals surface area contributed by atoms with E-state index >= 15 is 0 Å². The van der Waals surface area contributed by atoms with Gasteiger partial charge < -0.3 is 15.1 Å². The number of benzene rings is 1. The summed E-state index contributed by atoms with van der Waals surface area (Å²) in [5.41, 5.74) is 6.24. The normalized spacial score (nSPS) is 20.3. The Bertz CT molecular complexity index is 1010. The van der Waals surface area contributed by atoms with Crippen LogP contribution in [-0.2, 0) is 11.2 Å². The zero-order chi connectivity index (χ0) is 20.2. The van der Waals surface area contributed by atoms with Crippen LogP contribution < -0.4 is 20.4 Å². The van der Waals surface area contributed by atoms with Crippen LogP contribution in [0.4, 0.5) is 11.4 Å². The molecule has 3 aliphatic heterocycles. The molecule has 1 aromatic carbocycles. The Morgan fingerprint density at radius 1 is 1.24 bits per heavy atom. The van der Waals surface area contributed by atoms with E-state index in [-0.39, 0.29) is 5.91 Å². The van der Waals surface area contributed by atoms with Gasteiger partial charge in [0.1, 0.15) is 5.54 Å². The fourth-order valence-electron chi connectivity index (χ4n) is 4.72. The lowest BCUT2D eigenvalue weighted by atomic mass is 9.87. The first kappa shape index (κ1) is 18.5. The number of allylic oxidation sites excluding steroid dienone is 1. The van der Waals surface area contributed by atoms with Crippen LogP contribution in [0.5, 0.6) is 0 Å². The maximum absolute atomic E-state index is 12.3. The van der Waals surface area contributed by atoms with E-state index in [0.717, 1.165) is 54.9 Å². The second-order valence-corrected chi connectivity index (χ2v) is 8.50. The van der Waals surface area contributed by atoms with E-state index in [0.29, 0.717) is 11.7 Å². The first-order chi connectivity index (χ1) is 14.0. The van der Waals surface area contributed by atoms with E-state index in [1.165, 1.54) is 11.3 Å². The quantitative estimate of drug-likeness (QED) is 0.798. The Balaban J connectivity index is 1.49. The summed E-state index contributed by atoms with van der Waals surface area (Å²) in [4.78, 5) is 21.1. The van der Waals surface area contributed by atoms with Crippen molar-refractivity contribution in [3.8, 4) is 11.1 Å². The molecular weight excluding hydrogens is 386 g/mol. The molecule has 7 heteroatoms. The van der Waals surface area contributed by atoms with Crippen molar-refractivity contribution in [2.45, 2.75) is 24.8 Å². The van der Waals surface area contributed by atoms with Crippen molar-refractivity contribution in [3.63, 3.8) is 0 Å². The van der Waals surface area contributed by atoms with Gasteiger partial charge in [0.15, 0.2) is 0 Å². The number of likely N-dealkylation sites (N-methyl/N-ethyl adjacent to an activating group) is 1. The van der Waals surface area contributed by atoms with Crippen molar-refractivity contribution in [2.75, 3.05) is 36.6 Å². The van der Waals surface area contributed by atoms with E-state index in [1.54, 1.807) is 6.20 Å². The number of carbonyl (C=O) groups is 1. The Labute approximate surface area is 175 Å². The number of nitrogens with zero attached hydrogens (tertiary/aromatic N) is 3. The maximum Gasteiger partial charge on any atom is 0.241 e. The minimum Gasteiger partial charge on any atom is -0.370 e. The van der Waals surface area contributed by atoms with E-state index in [4.69, 9.17) is 11.6 Å². The molecule has 150 valence electrons. The minimum absolute atomic E-state index is 0.111. The van der Waals surface area contributed by atoms with Crippen LogP contribution in [0.25, 0.3) is 11.1 Å². The minimum atomic E-state index is -0.438. The second kappa shape index (κ2) is 6.75. The van der Waals surface area contributed by atoms with E-state index in [1.807, 2.05) is 6.20 Å². The first-order valence-corrected chi connectivity index (χ1v) is 10.3. The molecule has 6 nitrogen and oxygen atoms in total. The van der Waals surface area contributed by atoms with Crippen LogP contribution >= 0.6 is 11.6 Å². The summed E-state index contributed by atoms with van der Waals surface area (Å²) < 4.78 is 0. The van der Waals surface area contributed by atoms with E-state index in [9.17, 15) is 4.79 Å². The van der Waals surface area contributed by atoms with Crippen molar-refractivity contribution in [3.05, 3.63) is 53.5 Å². The highest BCUT2D eigenvalue weighted by atomic mass is 35.5. The molecule has 0 unspecified atom stereocenters. The molecular formula is C22H24ClN5O. The highest BCUT2D eigenvalue weighted by molar-refractivity contribution is 6.33. The first-order valence-electron chi connectivity index (χ1n) is 9.95. The number of carbonyl (C=O) groups excluding carboxylic acids is 1. The van der Waals surface area contributed by atoms with Crippen LogP contribution in [0.15, 0.2) is 42.9 Å². The van der Waals surface area contributed by atoms with Gasteiger partial charge >= 0.3 is 0 Å². The van der Waals surface area contributed by atoms with Crippen LogP contribution in [0, 0.1) is 0 Å². The molecule has 4 heterocycles. The van der Waals surface area contributed by atoms with Crippen molar-refractivity contribution in [1.29, 1.82) is 0 Å². The number of halogens is 1. The molecule has 0 atom stereocenters. The number of anilines is 2. The summed E-state index contributed by atoms with van der Waals surface area (Å²) in [6.45, 7) is 6.22. The summed E-state index contributed by atoms with van der Waals surface area (Å²) in [6.07, 6.45) is 5.98. The van der Waals surface area contributed by atoms with Crippen LogP contribution in [-0.4, -0.2) is 43.2 Å². The fourth-order valence-corrected chi connectivity index (χ4v) is 5.00.